The maximum Gasteiger partial charge on any atom is 0.226 e. The van der Waals surface area contributed by atoms with Crippen LogP contribution in [0, 0.1) is 6.92 Å². The molecule has 0 bridgehead atoms. The molecule has 0 unspecified atom stereocenters. The Morgan fingerprint density at radius 2 is 2.41 bits per heavy atom. The molecule has 6 heteroatoms. The number of aryl methyl sites for hydroxylation is 1. The van der Waals surface area contributed by atoms with E-state index in [-0.39, 0.29) is 11.9 Å². The molecule has 1 aliphatic rings. The third-order valence-corrected chi connectivity index (χ3v) is 5.52. The summed E-state index contributed by atoms with van der Waals surface area (Å²) in [6.07, 6.45) is 2.61. The molecular formula is C16H21N3OS2. The summed E-state index contributed by atoms with van der Waals surface area (Å²) in [6, 6.07) is 4.54. The number of carbonyl (C=O) groups excluding carboxylic acids is 1. The highest BCUT2D eigenvalue weighted by Gasteiger charge is 2.21. The highest BCUT2D eigenvalue weighted by molar-refractivity contribution is 7.10. The van der Waals surface area contributed by atoms with Crippen molar-refractivity contribution in [3.8, 4) is 0 Å². The van der Waals surface area contributed by atoms with Gasteiger partial charge in [0.1, 0.15) is 0 Å². The van der Waals surface area contributed by atoms with E-state index in [2.05, 4.69) is 32.7 Å². The van der Waals surface area contributed by atoms with E-state index in [0.29, 0.717) is 6.42 Å². The van der Waals surface area contributed by atoms with Crippen LogP contribution >= 0.6 is 22.7 Å². The van der Waals surface area contributed by atoms with Gasteiger partial charge in [0, 0.05) is 29.4 Å². The summed E-state index contributed by atoms with van der Waals surface area (Å²) in [4.78, 5) is 20.3. The quantitative estimate of drug-likeness (QED) is 0.914. The lowest BCUT2D eigenvalue weighted by atomic mass is 10.1. The number of rotatable bonds is 5. The first-order chi connectivity index (χ1) is 10.7. The minimum Gasteiger partial charge on any atom is -0.352 e. The van der Waals surface area contributed by atoms with Crippen molar-refractivity contribution in [2.45, 2.75) is 38.8 Å². The maximum absolute atomic E-state index is 12.2. The molecular weight excluding hydrogens is 314 g/mol. The van der Waals surface area contributed by atoms with Gasteiger partial charge in [0.05, 0.1) is 17.1 Å². The maximum atomic E-state index is 12.2. The summed E-state index contributed by atoms with van der Waals surface area (Å²) in [6.45, 7) is 5.03. The van der Waals surface area contributed by atoms with E-state index in [9.17, 15) is 4.79 Å². The molecule has 0 spiro atoms. The molecule has 1 N–H and O–H groups in total. The molecule has 1 saturated heterocycles. The average molecular weight is 335 g/mol. The van der Waals surface area contributed by atoms with Crippen LogP contribution in [-0.2, 0) is 17.8 Å². The summed E-state index contributed by atoms with van der Waals surface area (Å²) in [5.74, 6) is 0.0910. The second-order valence-corrected chi connectivity index (χ2v) is 7.85. The van der Waals surface area contributed by atoms with Crippen molar-refractivity contribution in [1.82, 2.24) is 15.2 Å². The number of piperidine rings is 1. The fourth-order valence-corrected chi connectivity index (χ4v) is 4.23. The monoisotopic (exact) mass is 335 g/mol. The van der Waals surface area contributed by atoms with Crippen LogP contribution in [0.15, 0.2) is 22.9 Å². The third-order valence-electron chi connectivity index (χ3n) is 3.84. The standard InChI is InChI=1S/C16H21N3OS2/c1-12-17-14(11-22-12)8-16(20)18-13-4-2-6-19(9-13)10-15-5-3-7-21-15/h3,5,7,11,13H,2,4,6,8-10H2,1H3,(H,18,20)/t13-/m1/s1. The molecule has 2 aromatic heterocycles. The van der Waals surface area contributed by atoms with Gasteiger partial charge in [-0.05, 0) is 37.8 Å². The fourth-order valence-electron chi connectivity index (χ4n) is 2.87. The smallest absolute Gasteiger partial charge is 0.226 e. The number of hydrogen-bond donors (Lipinski definition) is 1. The zero-order valence-electron chi connectivity index (χ0n) is 12.7. The molecule has 3 heterocycles. The Morgan fingerprint density at radius 3 is 3.14 bits per heavy atom. The molecule has 2 aromatic rings. The number of nitrogens with one attached hydrogen (secondary N) is 1. The number of nitrogens with zero attached hydrogens (tertiary/aromatic N) is 2. The topological polar surface area (TPSA) is 45.2 Å². The Balaban J connectivity index is 1.48. The molecule has 0 aliphatic carbocycles. The Labute approximate surface area is 139 Å². The van der Waals surface area contributed by atoms with Crippen LogP contribution < -0.4 is 5.32 Å². The minimum atomic E-state index is 0.0910. The van der Waals surface area contributed by atoms with Crippen LogP contribution in [0.3, 0.4) is 0 Å². The van der Waals surface area contributed by atoms with Crippen molar-refractivity contribution in [2.75, 3.05) is 13.1 Å². The van der Waals surface area contributed by atoms with Gasteiger partial charge in [0.15, 0.2) is 0 Å². The molecule has 22 heavy (non-hydrogen) atoms. The van der Waals surface area contributed by atoms with Crippen LogP contribution in [-0.4, -0.2) is 34.9 Å². The molecule has 1 atom stereocenters. The first-order valence-electron chi connectivity index (χ1n) is 7.64. The summed E-state index contributed by atoms with van der Waals surface area (Å²) in [5, 5.41) is 8.28. The van der Waals surface area contributed by atoms with E-state index in [0.717, 1.165) is 43.2 Å². The number of thiazole rings is 1. The SMILES string of the molecule is Cc1nc(CC(=O)N[C@@H]2CCCN(Cc3cccs3)C2)cs1. The van der Waals surface area contributed by atoms with E-state index in [1.807, 2.05) is 12.3 Å². The lowest BCUT2D eigenvalue weighted by molar-refractivity contribution is -0.121. The summed E-state index contributed by atoms with van der Waals surface area (Å²) < 4.78 is 0. The Hall–Kier alpha value is -1.24. The summed E-state index contributed by atoms with van der Waals surface area (Å²) in [7, 11) is 0. The predicted octanol–water partition coefficient (Wildman–Crippen LogP) is 2.84. The Morgan fingerprint density at radius 1 is 1.50 bits per heavy atom. The highest BCUT2D eigenvalue weighted by Crippen LogP contribution is 2.17. The molecule has 1 fully saturated rings. The number of thiophene rings is 1. The van der Waals surface area contributed by atoms with Gasteiger partial charge in [0.25, 0.3) is 0 Å². The first kappa shape index (κ1) is 15.6. The average Bonchev–Trinajstić information content (AvgIpc) is 3.11. The van der Waals surface area contributed by atoms with Crippen molar-refractivity contribution in [3.63, 3.8) is 0 Å². The third kappa shape index (κ3) is 4.38. The van der Waals surface area contributed by atoms with Crippen LogP contribution in [0.1, 0.15) is 28.4 Å². The van der Waals surface area contributed by atoms with Crippen molar-refractivity contribution in [1.29, 1.82) is 0 Å². The van der Waals surface area contributed by atoms with Crippen molar-refractivity contribution < 1.29 is 4.79 Å². The molecule has 1 amide bonds. The first-order valence-corrected chi connectivity index (χ1v) is 9.40. The van der Waals surface area contributed by atoms with Crippen LogP contribution in [0.4, 0.5) is 0 Å². The molecule has 4 nitrogen and oxygen atoms in total. The molecule has 118 valence electrons. The molecule has 0 aromatic carbocycles. The number of likely N-dealkylation sites (tertiary alicyclic amines) is 1. The van der Waals surface area contributed by atoms with Gasteiger partial charge in [-0.3, -0.25) is 9.69 Å². The van der Waals surface area contributed by atoms with Gasteiger partial charge in [-0.15, -0.1) is 22.7 Å². The number of hydrogen-bond acceptors (Lipinski definition) is 5. The van der Waals surface area contributed by atoms with Crippen molar-refractivity contribution in [3.05, 3.63) is 38.5 Å². The van der Waals surface area contributed by atoms with E-state index in [1.54, 1.807) is 22.7 Å². The second kappa shape index (κ2) is 7.35. The van der Waals surface area contributed by atoms with Crippen LogP contribution in [0.5, 0.6) is 0 Å². The van der Waals surface area contributed by atoms with Gasteiger partial charge in [-0.25, -0.2) is 4.98 Å². The Bertz CT molecular complexity index is 609. The Kier molecular flexibility index (Phi) is 5.23. The van der Waals surface area contributed by atoms with Gasteiger partial charge < -0.3 is 5.32 Å². The minimum absolute atomic E-state index is 0.0910. The van der Waals surface area contributed by atoms with Gasteiger partial charge >= 0.3 is 0 Å². The van der Waals surface area contributed by atoms with Crippen LogP contribution in [0.25, 0.3) is 0 Å². The van der Waals surface area contributed by atoms with E-state index in [4.69, 9.17) is 0 Å². The zero-order chi connectivity index (χ0) is 15.4. The van der Waals surface area contributed by atoms with Crippen molar-refractivity contribution in [2.24, 2.45) is 0 Å². The lowest BCUT2D eigenvalue weighted by Gasteiger charge is -2.32. The summed E-state index contributed by atoms with van der Waals surface area (Å²) >= 11 is 3.40. The lowest BCUT2D eigenvalue weighted by Crippen LogP contribution is -2.47. The number of carbonyl (C=O) groups is 1. The van der Waals surface area contributed by atoms with E-state index >= 15 is 0 Å². The zero-order valence-corrected chi connectivity index (χ0v) is 14.4. The normalized spacial score (nSPS) is 19.2. The second-order valence-electron chi connectivity index (χ2n) is 5.76. The number of amides is 1. The van der Waals surface area contributed by atoms with Gasteiger partial charge in [0.2, 0.25) is 5.91 Å². The molecule has 0 saturated carbocycles. The number of aromatic nitrogens is 1. The van der Waals surface area contributed by atoms with Gasteiger partial charge in [-0.1, -0.05) is 6.07 Å². The molecule has 0 radical (unpaired) electrons. The molecule has 3 rings (SSSR count). The van der Waals surface area contributed by atoms with E-state index < -0.39 is 0 Å². The fraction of sp³-hybridized carbons (Fsp3) is 0.500. The largest absolute Gasteiger partial charge is 0.352 e. The highest BCUT2D eigenvalue weighted by atomic mass is 32.1. The summed E-state index contributed by atoms with van der Waals surface area (Å²) in [5.41, 5.74) is 0.881. The van der Waals surface area contributed by atoms with Crippen molar-refractivity contribution >= 4 is 28.6 Å². The van der Waals surface area contributed by atoms with Crippen LogP contribution in [0.2, 0.25) is 0 Å². The van der Waals surface area contributed by atoms with E-state index in [1.165, 1.54) is 4.88 Å². The van der Waals surface area contributed by atoms with Gasteiger partial charge in [-0.2, -0.15) is 0 Å². The molecule has 1 aliphatic heterocycles. The predicted molar refractivity (Wildman–Crippen MR) is 91.3 cm³/mol.